The van der Waals surface area contributed by atoms with Gasteiger partial charge < -0.3 is 10.1 Å². The molecule has 1 N–H and O–H groups in total. The van der Waals surface area contributed by atoms with Crippen molar-refractivity contribution in [2.24, 2.45) is 0 Å². The number of carbonyl (C=O) groups is 1. The maximum absolute atomic E-state index is 11.7. The minimum absolute atomic E-state index is 0.114. The fourth-order valence-electron chi connectivity index (χ4n) is 1.57. The largest absolute Gasteiger partial charge is 0.493 e. The Hall–Kier alpha value is -1.88. The molecule has 0 fully saturated rings. The number of nitrogens with zero attached hydrogens (tertiary/aromatic N) is 1. The molecule has 0 aliphatic heterocycles. The highest BCUT2D eigenvalue weighted by molar-refractivity contribution is 9.10. The summed E-state index contributed by atoms with van der Waals surface area (Å²) in [4.78, 5) is 15.8. The molecule has 0 radical (unpaired) electrons. The molecule has 2 rings (SSSR count). The van der Waals surface area contributed by atoms with Crippen molar-refractivity contribution in [3.8, 4) is 5.75 Å². The summed E-state index contributed by atoms with van der Waals surface area (Å²) in [6.45, 7) is 2.28. The van der Waals surface area contributed by atoms with Gasteiger partial charge in [0.2, 0.25) is 5.91 Å². The van der Waals surface area contributed by atoms with Gasteiger partial charge in [-0.2, -0.15) is 0 Å². The van der Waals surface area contributed by atoms with E-state index in [2.05, 4.69) is 26.2 Å². The highest BCUT2D eigenvalue weighted by Gasteiger charge is 2.04. The van der Waals surface area contributed by atoms with Crippen molar-refractivity contribution in [2.75, 3.05) is 11.9 Å². The lowest BCUT2D eigenvalue weighted by atomic mass is 10.3. The second kappa shape index (κ2) is 7.05. The first-order chi connectivity index (χ1) is 9.63. The summed E-state index contributed by atoms with van der Waals surface area (Å²) in [5, 5.41) is 2.73. The van der Waals surface area contributed by atoms with Crippen LogP contribution in [0.5, 0.6) is 5.75 Å². The number of aromatic nitrogens is 1. The van der Waals surface area contributed by atoms with E-state index < -0.39 is 0 Å². The standard InChI is InChI=1S/C15H15BrN2O2/c1-11-5-6-14(17-10-11)18-15(19)7-8-20-13-4-2-3-12(16)9-13/h2-6,9-10H,7-8H2,1H3,(H,17,18,19). The molecule has 0 atom stereocenters. The van der Waals surface area contributed by atoms with E-state index in [9.17, 15) is 4.79 Å². The molecule has 0 saturated heterocycles. The van der Waals surface area contributed by atoms with E-state index in [0.717, 1.165) is 15.8 Å². The topological polar surface area (TPSA) is 51.2 Å². The van der Waals surface area contributed by atoms with E-state index in [1.165, 1.54) is 0 Å². The van der Waals surface area contributed by atoms with Crippen molar-refractivity contribution >= 4 is 27.7 Å². The summed E-state index contributed by atoms with van der Waals surface area (Å²) in [7, 11) is 0. The molecule has 1 amide bonds. The zero-order valence-electron chi connectivity index (χ0n) is 11.1. The Labute approximate surface area is 126 Å². The van der Waals surface area contributed by atoms with Crippen LogP contribution < -0.4 is 10.1 Å². The van der Waals surface area contributed by atoms with Crippen LogP contribution >= 0.6 is 15.9 Å². The van der Waals surface area contributed by atoms with Gasteiger partial charge in [0.05, 0.1) is 13.0 Å². The number of carbonyl (C=O) groups excluding carboxylic acids is 1. The van der Waals surface area contributed by atoms with Gasteiger partial charge in [0, 0.05) is 10.7 Å². The number of hydrogen-bond acceptors (Lipinski definition) is 3. The number of rotatable bonds is 5. The van der Waals surface area contributed by atoms with Gasteiger partial charge in [-0.15, -0.1) is 0 Å². The molecule has 0 saturated carbocycles. The molecule has 20 heavy (non-hydrogen) atoms. The molecular formula is C15H15BrN2O2. The SMILES string of the molecule is Cc1ccc(NC(=O)CCOc2cccc(Br)c2)nc1. The highest BCUT2D eigenvalue weighted by atomic mass is 79.9. The summed E-state index contributed by atoms with van der Waals surface area (Å²) in [5.41, 5.74) is 1.06. The van der Waals surface area contributed by atoms with E-state index >= 15 is 0 Å². The Kier molecular flexibility index (Phi) is 5.12. The summed E-state index contributed by atoms with van der Waals surface area (Å²) in [6.07, 6.45) is 2.00. The van der Waals surface area contributed by atoms with Gasteiger partial charge >= 0.3 is 0 Å². The molecule has 0 unspecified atom stereocenters. The average molecular weight is 335 g/mol. The maximum atomic E-state index is 11.7. The average Bonchev–Trinajstić information content (AvgIpc) is 2.41. The molecule has 1 aromatic carbocycles. The number of aryl methyl sites for hydroxylation is 1. The Morgan fingerprint density at radius 3 is 2.90 bits per heavy atom. The fourth-order valence-corrected chi connectivity index (χ4v) is 1.94. The minimum Gasteiger partial charge on any atom is -0.493 e. The van der Waals surface area contributed by atoms with Crippen LogP contribution in [0.25, 0.3) is 0 Å². The monoisotopic (exact) mass is 334 g/mol. The van der Waals surface area contributed by atoms with Gasteiger partial charge in [-0.05, 0) is 36.8 Å². The van der Waals surface area contributed by atoms with Crippen molar-refractivity contribution in [1.29, 1.82) is 0 Å². The fraction of sp³-hybridized carbons (Fsp3) is 0.200. The van der Waals surface area contributed by atoms with Crippen LogP contribution in [0.2, 0.25) is 0 Å². The first-order valence-electron chi connectivity index (χ1n) is 6.24. The van der Waals surface area contributed by atoms with Gasteiger partial charge in [0.15, 0.2) is 0 Å². The summed E-state index contributed by atoms with van der Waals surface area (Å²) < 4.78 is 6.45. The normalized spacial score (nSPS) is 10.1. The van der Waals surface area contributed by atoms with E-state index in [-0.39, 0.29) is 12.3 Å². The molecule has 0 spiro atoms. The second-order valence-corrected chi connectivity index (χ2v) is 5.24. The summed E-state index contributed by atoms with van der Waals surface area (Å²) >= 11 is 3.37. The Bertz CT molecular complexity index is 585. The van der Waals surface area contributed by atoms with E-state index in [1.807, 2.05) is 37.3 Å². The molecule has 0 aliphatic rings. The number of anilines is 1. The third-order valence-electron chi connectivity index (χ3n) is 2.57. The molecule has 4 nitrogen and oxygen atoms in total. The molecule has 104 valence electrons. The van der Waals surface area contributed by atoms with Crippen LogP contribution in [0.4, 0.5) is 5.82 Å². The quantitative estimate of drug-likeness (QED) is 0.909. The Balaban J connectivity index is 1.76. The molecular weight excluding hydrogens is 320 g/mol. The number of pyridine rings is 1. The summed E-state index contributed by atoms with van der Waals surface area (Å²) in [5.74, 6) is 1.18. The molecule has 0 bridgehead atoms. The van der Waals surface area contributed by atoms with Crippen molar-refractivity contribution in [2.45, 2.75) is 13.3 Å². The maximum Gasteiger partial charge on any atom is 0.228 e. The number of ether oxygens (including phenoxy) is 1. The van der Waals surface area contributed by atoms with Gasteiger partial charge in [-0.3, -0.25) is 4.79 Å². The number of amides is 1. The second-order valence-electron chi connectivity index (χ2n) is 4.32. The predicted molar refractivity (Wildman–Crippen MR) is 81.9 cm³/mol. The van der Waals surface area contributed by atoms with Crippen LogP contribution in [-0.4, -0.2) is 17.5 Å². The third-order valence-corrected chi connectivity index (χ3v) is 3.07. The smallest absolute Gasteiger partial charge is 0.228 e. The number of benzene rings is 1. The van der Waals surface area contributed by atoms with Gasteiger partial charge in [-0.1, -0.05) is 28.1 Å². The zero-order valence-corrected chi connectivity index (χ0v) is 12.7. The molecule has 1 aromatic heterocycles. The predicted octanol–water partition coefficient (Wildman–Crippen LogP) is 3.56. The Morgan fingerprint density at radius 1 is 1.35 bits per heavy atom. The Morgan fingerprint density at radius 2 is 2.20 bits per heavy atom. The van der Waals surface area contributed by atoms with Gasteiger partial charge in [-0.25, -0.2) is 4.98 Å². The lowest BCUT2D eigenvalue weighted by molar-refractivity contribution is -0.116. The number of nitrogens with one attached hydrogen (secondary N) is 1. The van der Waals surface area contributed by atoms with Crippen molar-refractivity contribution in [3.05, 3.63) is 52.6 Å². The van der Waals surface area contributed by atoms with Crippen LogP contribution in [0.3, 0.4) is 0 Å². The highest BCUT2D eigenvalue weighted by Crippen LogP contribution is 2.17. The van der Waals surface area contributed by atoms with Crippen LogP contribution in [0.1, 0.15) is 12.0 Å². The van der Waals surface area contributed by atoms with Crippen molar-refractivity contribution in [3.63, 3.8) is 0 Å². The van der Waals surface area contributed by atoms with E-state index in [1.54, 1.807) is 12.3 Å². The van der Waals surface area contributed by atoms with Crippen molar-refractivity contribution in [1.82, 2.24) is 4.98 Å². The molecule has 0 aliphatic carbocycles. The molecule has 5 heteroatoms. The lowest BCUT2D eigenvalue weighted by Crippen LogP contribution is -2.15. The van der Waals surface area contributed by atoms with Gasteiger partial charge in [0.1, 0.15) is 11.6 Å². The van der Waals surface area contributed by atoms with Crippen LogP contribution in [-0.2, 0) is 4.79 Å². The van der Waals surface area contributed by atoms with Crippen LogP contribution in [0.15, 0.2) is 47.1 Å². The minimum atomic E-state index is -0.114. The van der Waals surface area contributed by atoms with Crippen LogP contribution in [0, 0.1) is 6.92 Å². The number of hydrogen-bond donors (Lipinski definition) is 1. The summed E-state index contributed by atoms with van der Waals surface area (Å²) in [6, 6.07) is 11.2. The van der Waals surface area contributed by atoms with E-state index in [4.69, 9.17) is 4.74 Å². The van der Waals surface area contributed by atoms with Crippen molar-refractivity contribution < 1.29 is 9.53 Å². The van der Waals surface area contributed by atoms with Gasteiger partial charge in [0.25, 0.3) is 0 Å². The number of halogens is 1. The molecule has 2 aromatic rings. The first kappa shape index (κ1) is 14.5. The van der Waals surface area contributed by atoms with E-state index in [0.29, 0.717) is 12.4 Å². The zero-order chi connectivity index (χ0) is 14.4. The lowest BCUT2D eigenvalue weighted by Gasteiger charge is -2.07. The molecule has 1 heterocycles. The first-order valence-corrected chi connectivity index (χ1v) is 7.03. The third kappa shape index (κ3) is 4.66.